The number of methoxy groups -OCH3 is 1. The summed E-state index contributed by atoms with van der Waals surface area (Å²) < 4.78 is 5.40. The molecular formula is C12H17NO2. The highest BCUT2D eigenvalue weighted by Crippen LogP contribution is 2.52. The van der Waals surface area contributed by atoms with E-state index in [0.717, 1.165) is 18.6 Å². The summed E-state index contributed by atoms with van der Waals surface area (Å²) in [6.07, 6.45) is 2.26. The Morgan fingerprint density at radius 3 is 2.67 bits per heavy atom. The fourth-order valence-electron chi connectivity index (χ4n) is 2.27. The van der Waals surface area contributed by atoms with Crippen molar-refractivity contribution in [3.8, 4) is 5.75 Å². The van der Waals surface area contributed by atoms with Crippen molar-refractivity contribution in [2.75, 3.05) is 13.7 Å². The second-order valence-electron chi connectivity index (χ2n) is 4.24. The summed E-state index contributed by atoms with van der Waals surface area (Å²) in [6.45, 7) is 2.68. The van der Waals surface area contributed by atoms with Crippen molar-refractivity contribution in [3.63, 3.8) is 0 Å². The van der Waals surface area contributed by atoms with Crippen LogP contribution >= 0.6 is 0 Å². The molecule has 0 heterocycles. The minimum absolute atomic E-state index is 0.103. The van der Waals surface area contributed by atoms with Gasteiger partial charge in [0.1, 0.15) is 5.75 Å². The number of aryl methyl sites for hydroxylation is 1. The zero-order valence-electron chi connectivity index (χ0n) is 9.25. The summed E-state index contributed by atoms with van der Waals surface area (Å²) in [4.78, 5) is 4.82. The van der Waals surface area contributed by atoms with E-state index in [-0.39, 0.29) is 5.41 Å². The van der Waals surface area contributed by atoms with Gasteiger partial charge in [0.25, 0.3) is 0 Å². The molecule has 1 saturated carbocycles. The molecule has 3 nitrogen and oxygen atoms in total. The maximum atomic E-state index is 5.40. The fraction of sp³-hybridized carbons (Fsp3) is 0.500. The predicted molar refractivity (Wildman–Crippen MR) is 58.8 cm³/mol. The van der Waals surface area contributed by atoms with E-state index in [2.05, 4.69) is 13.0 Å². The molecule has 1 aliphatic carbocycles. The van der Waals surface area contributed by atoms with E-state index in [1.165, 1.54) is 11.1 Å². The zero-order chi connectivity index (χ0) is 10.9. The Balaban J connectivity index is 2.42. The largest absolute Gasteiger partial charge is 0.496 e. The van der Waals surface area contributed by atoms with Crippen molar-refractivity contribution in [1.29, 1.82) is 0 Å². The van der Waals surface area contributed by atoms with Gasteiger partial charge >= 0.3 is 0 Å². The van der Waals surface area contributed by atoms with Crippen LogP contribution in [-0.2, 0) is 10.3 Å². The average Bonchev–Trinajstić information content (AvgIpc) is 2.98. The van der Waals surface area contributed by atoms with E-state index in [4.69, 9.17) is 15.5 Å². The van der Waals surface area contributed by atoms with Gasteiger partial charge in [-0.1, -0.05) is 12.1 Å². The van der Waals surface area contributed by atoms with Gasteiger partial charge in [0.05, 0.1) is 13.7 Å². The summed E-state index contributed by atoms with van der Waals surface area (Å²) in [7, 11) is 1.71. The van der Waals surface area contributed by atoms with Gasteiger partial charge in [-0.25, -0.2) is 5.90 Å². The lowest BCUT2D eigenvalue weighted by Crippen LogP contribution is -2.20. The van der Waals surface area contributed by atoms with Crippen molar-refractivity contribution >= 4 is 0 Å². The molecule has 2 rings (SSSR count). The van der Waals surface area contributed by atoms with Crippen LogP contribution in [0.2, 0.25) is 0 Å². The molecule has 1 aromatic rings. The second-order valence-corrected chi connectivity index (χ2v) is 4.24. The zero-order valence-corrected chi connectivity index (χ0v) is 9.25. The summed E-state index contributed by atoms with van der Waals surface area (Å²) >= 11 is 0. The quantitative estimate of drug-likeness (QED) is 0.767. The SMILES string of the molecule is COc1cccc(C)c1C1(CON)CC1. The van der Waals surface area contributed by atoms with Crippen LogP contribution in [0.15, 0.2) is 18.2 Å². The molecule has 1 fully saturated rings. The molecule has 0 saturated heterocycles. The van der Waals surface area contributed by atoms with Crippen LogP contribution in [0.25, 0.3) is 0 Å². The smallest absolute Gasteiger partial charge is 0.122 e. The molecule has 1 aromatic carbocycles. The van der Waals surface area contributed by atoms with Gasteiger partial charge in [-0.3, -0.25) is 0 Å². The number of ether oxygens (including phenoxy) is 1. The summed E-state index contributed by atoms with van der Waals surface area (Å²) in [6, 6.07) is 6.12. The highest BCUT2D eigenvalue weighted by atomic mass is 16.6. The summed E-state index contributed by atoms with van der Waals surface area (Å²) in [5.41, 5.74) is 2.62. The lowest BCUT2D eigenvalue weighted by atomic mass is 9.91. The van der Waals surface area contributed by atoms with Gasteiger partial charge in [-0.15, -0.1) is 0 Å². The molecule has 0 amide bonds. The molecule has 0 bridgehead atoms. The molecule has 0 unspecified atom stereocenters. The van der Waals surface area contributed by atoms with Gasteiger partial charge < -0.3 is 9.57 Å². The van der Waals surface area contributed by atoms with E-state index in [1.807, 2.05) is 12.1 Å². The lowest BCUT2D eigenvalue weighted by Gasteiger charge is -2.19. The highest BCUT2D eigenvalue weighted by molar-refractivity contribution is 5.48. The summed E-state index contributed by atoms with van der Waals surface area (Å²) in [5.74, 6) is 6.14. The van der Waals surface area contributed by atoms with Gasteiger partial charge in [-0.05, 0) is 31.4 Å². The van der Waals surface area contributed by atoms with Crippen LogP contribution < -0.4 is 10.6 Å². The molecule has 82 valence electrons. The minimum atomic E-state index is 0.103. The van der Waals surface area contributed by atoms with E-state index in [9.17, 15) is 0 Å². The fourth-order valence-corrected chi connectivity index (χ4v) is 2.27. The molecule has 1 aliphatic rings. The highest BCUT2D eigenvalue weighted by Gasteiger charge is 2.47. The van der Waals surface area contributed by atoms with Crippen molar-refractivity contribution < 1.29 is 9.57 Å². The third-order valence-electron chi connectivity index (χ3n) is 3.20. The van der Waals surface area contributed by atoms with Crippen LogP contribution in [0, 0.1) is 6.92 Å². The number of rotatable bonds is 4. The first-order valence-corrected chi connectivity index (χ1v) is 5.19. The third-order valence-corrected chi connectivity index (χ3v) is 3.20. The van der Waals surface area contributed by atoms with Crippen LogP contribution in [-0.4, -0.2) is 13.7 Å². The average molecular weight is 207 g/mol. The number of nitrogens with two attached hydrogens (primary N) is 1. The maximum Gasteiger partial charge on any atom is 0.122 e. The number of hydrogen-bond donors (Lipinski definition) is 1. The predicted octanol–water partition coefficient (Wildman–Crippen LogP) is 1.93. The van der Waals surface area contributed by atoms with Crippen LogP contribution in [0.3, 0.4) is 0 Å². The second kappa shape index (κ2) is 3.83. The van der Waals surface area contributed by atoms with Crippen molar-refractivity contribution in [1.82, 2.24) is 0 Å². The number of hydrogen-bond acceptors (Lipinski definition) is 3. The molecular weight excluding hydrogens is 190 g/mol. The van der Waals surface area contributed by atoms with Gasteiger partial charge in [0.15, 0.2) is 0 Å². The van der Waals surface area contributed by atoms with E-state index >= 15 is 0 Å². The van der Waals surface area contributed by atoms with Crippen LogP contribution in [0.5, 0.6) is 5.75 Å². The normalized spacial score (nSPS) is 17.5. The monoisotopic (exact) mass is 207 g/mol. The van der Waals surface area contributed by atoms with E-state index < -0.39 is 0 Å². The standard InChI is InChI=1S/C12H17NO2/c1-9-4-3-5-10(14-2)11(9)12(6-7-12)8-15-13/h3-5H,6-8,13H2,1-2H3. The lowest BCUT2D eigenvalue weighted by molar-refractivity contribution is 0.115. The Morgan fingerprint density at radius 2 is 2.13 bits per heavy atom. The molecule has 0 radical (unpaired) electrons. The van der Waals surface area contributed by atoms with Crippen molar-refractivity contribution in [3.05, 3.63) is 29.3 Å². The first-order valence-electron chi connectivity index (χ1n) is 5.19. The minimum Gasteiger partial charge on any atom is -0.496 e. The maximum absolute atomic E-state index is 5.40. The van der Waals surface area contributed by atoms with E-state index in [0.29, 0.717) is 6.61 Å². The van der Waals surface area contributed by atoms with Crippen LogP contribution in [0.4, 0.5) is 0 Å². The Morgan fingerprint density at radius 1 is 1.40 bits per heavy atom. The first kappa shape index (κ1) is 10.5. The van der Waals surface area contributed by atoms with Crippen molar-refractivity contribution in [2.24, 2.45) is 5.90 Å². The first-order chi connectivity index (χ1) is 7.23. The molecule has 2 N–H and O–H groups in total. The van der Waals surface area contributed by atoms with Gasteiger partial charge in [0, 0.05) is 11.0 Å². The van der Waals surface area contributed by atoms with E-state index in [1.54, 1.807) is 7.11 Å². The van der Waals surface area contributed by atoms with Crippen LogP contribution in [0.1, 0.15) is 24.0 Å². The van der Waals surface area contributed by atoms with Crippen molar-refractivity contribution in [2.45, 2.75) is 25.2 Å². The Bertz CT molecular complexity index is 359. The number of benzene rings is 1. The molecule has 15 heavy (non-hydrogen) atoms. The molecule has 0 aliphatic heterocycles. The molecule has 0 spiro atoms. The third kappa shape index (κ3) is 1.73. The topological polar surface area (TPSA) is 44.5 Å². The van der Waals surface area contributed by atoms with Gasteiger partial charge in [0.2, 0.25) is 0 Å². The Kier molecular flexibility index (Phi) is 2.67. The molecule has 0 atom stereocenters. The molecule has 0 aromatic heterocycles. The Labute approximate surface area is 90.1 Å². The Hall–Kier alpha value is -1.06. The molecule has 3 heteroatoms. The summed E-state index contributed by atoms with van der Waals surface area (Å²) in [5, 5.41) is 0. The van der Waals surface area contributed by atoms with Gasteiger partial charge in [-0.2, -0.15) is 0 Å².